The van der Waals surface area contributed by atoms with Crippen LogP contribution in [-0.2, 0) is 19.9 Å². The van der Waals surface area contributed by atoms with Gasteiger partial charge in [-0.15, -0.1) is 0 Å². The third-order valence-corrected chi connectivity index (χ3v) is 4.62. The van der Waals surface area contributed by atoms with Crippen LogP contribution in [0.4, 0.5) is 0 Å². The van der Waals surface area contributed by atoms with Gasteiger partial charge in [-0.25, -0.2) is 0 Å². The van der Waals surface area contributed by atoms with E-state index in [-0.39, 0.29) is 12.2 Å². The Morgan fingerprint density at radius 3 is 2.70 bits per heavy atom. The number of carbonyl (C=O) groups excluding carboxylic acids is 1. The van der Waals surface area contributed by atoms with Crippen LogP contribution >= 0.6 is 27.5 Å². The Balaban J connectivity index is 2.28. The Bertz CT molecular complexity index is 664. The van der Waals surface area contributed by atoms with Gasteiger partial charge in [-0.2, -0.15) is 5.10 Å². The fourth-order valence-corrected chi connectivity index (χ4v) is 2.77. The topological polar surface area (TPSA) is 34.9 Å². The van der Waals surface area contributed by atoms with Gasteiger partial charge in [0.2, 0.25) is 0 Å². The summed E-state index contributed by atoms with van der Waals surface area (Å²) in [6.07, 6.45) is 1.02. The molecule has 5 heteroatoms. The number of ketones is 1. The molecule has 1 heterocycles. The number of hydrogen-bond donors (Lipinski definition) is 0. The average molecular weight is 356 g/mol. The van der Waals surface area contributed by atoms with Gasteiger partial charge in [-0.05, 0) is 25.0 Å². The standard InChI is InChI=1S/C15H16BrClN2O/c1-4-12-15(17)13(19(3)18-12)8-14(20)10-6-5-9(2)11(16)7-10/h5-7H,4,8H2,1-3H3. The summed E-state index contributed by atoms with van der Waals surface area (Å²) < 4.78 is 2.64. The van der Waals surface area contributed by atoms with Crippen molar-refractivity contribution in [2.45, 2.75) is 26.7 Å². The number of carbonyl (C=O) groups is 1. The monoisotopic (exact) mass is 354 g/mol. The van der Waals surface area contributed by atoms with Crippen molar-refractivity contribution in [2.75, 3.05) is 0 Å². The summed E-state index contributed by atoms with van der Waals surface area (Å²) in [5.74, 6) is 0.0400. The highest BCUT2D eigenvalue weighted by molar-refractivity contribution is 9.10. The van der Waals surface area contributed by atoms with Crippen molar-refractivity contribution in [3.05, 3.63) is 50.2 Å². The number of aromatic nitrogens is 2. The fraction of sp³-hybridized carbons (Fsp3) is 0.333. The minimum atomic E-state index is 0.0400. The molecule has 0 radical (unpaired) electrons. The number of aryl methyl sites for hydroxylation is 3. The lowest BCUT2D eigenvalue weighted by molar-refractivity contribution is 0.0990. The predicted molar refractivity (Wildman–Crippen MR) is 84.5 cm³/mol. The molecule has 0 N–H and O–H groups in total. The van der Waals surface area contributed by atoms with Crippen molar-refractivity contribution < 1.29 is 4.79 Å². The van der Waals surface area contributed by atoms with E-state index in [0.29, 0.717) is 10.6 Å². The van der Waals surface area contributed by atoms with Crippen LogP contribution in [0, 0.1) is 6.92 Å². The molecule has 2 aromatic rings. The lowest BCUT2D eigenvalue weighted by atomic mass is 10.0. The van der Waals surface area contributed by atoms with Gasteiger partial charge in [-0.3, -0.25) is 9.48 Å². The Morgan fingerprint density at radius 1 is 1.45 bits per heavy atom. The van der Waals surface area contributed by atoms with E-state index in [2.05, 4.69) is 21.0 Å². The van der Waals surface area contributed by atoms with Crippen molar-refractivity contribution in [2.24, 2.45) is 7.05 Å². The fourth-order valence-electron chi connectivity index (χ4n) is 2.03. The average Bonchev–Trinajstić information content (AvgIpc) is 2.69. The van der Waals surface area contributed by atoms with E-state index in [1.165, 1.54) is 0 Å². The first-order chi connectivity index (χ1) is 9.43. The molecule has 0 aliphatic heterocycles. The van der Waals surface area contributed by atoms with Gasteiger partial charge >= 0.3 is 0 Å². The molecule has 20 heavy (non-hydrogen) atoms. The molecule has 0 spiro atoms. The van der Waals surface area contributed by atoms with Gasteiger partial charge in [0.15, 0.2) is 5.78 Å². The third kappa shape index (κ3) is 2.96. The van der Waals surface area contributed by atoms with Gasteiger partial charge in [0.25, 0.3) is 0 Å². The van der Waals surface area contributed by atoms with Crippen LogP contribution in [0.25, 0.3) is 0 Å². The number of Topliss-reactive ketones (excluding diaryl/α,β-unsaturated/α-hetero) is 1. The lowest BCUT2D eigenvalue weighted by Gasteiger charge is -2.05. The summed E-state index contributed by atoms with van der Waals surface area (Å²) >= 11 is 9.72. The SMILES string of the molecule is CCc1nn(C)c(CC(=O)c2ccc(C)c(Br)c2)c1Cl. The zero-order valence-corrected chi connectivity index (χ0v) is 14.0. The Morgan fingerprint density at radius 2 is 2.15 bits per heavy atom. The van der Waals surface area contributed by atoms with E-state index in [1.807, 2.05) is 39.1 Å². The molecule has 0 atom stereocenters. The van der Waals surface area contributed by atoms with Gasteiger partial charge < -0.3 is 0 Å². The van der Waals surface area contributed by atoms with Crippen molar-refractivity contribution in [3.8, 4) is 0 Å². The minimum absolute atomic E-state index is 0.0400. The minimum Gasteiger partial charge on any atom is -0.294 e. The van der Waals surface area contributed by atoms with Gasteiger partial charge in [-0.1, -0.05) is 46.6 Å². The van der Waals surface area contributed by atoms with E-state index in [9.17, 15) is 4.79 Å². The molecule has 0 saturated carbocycles. The molecule has 0 bridgehead atoms. The Hall–Kier alpha value is -1.13. The largest absolute Gasteiger partial charge is 0.294 e. The summed E-state index contributed by atoms with van der Waals surface area (Å²) in [7, 11) is 1.82. The van der Waals surface area contributed by atoms with Crippen LogP contribution in [0.2, 0.25) is 5.02 Å². The number of halogens is 2. The molecule has 2 rings (SSSR count). The lowest BCUT2D eigenvalue weighted by Crippen LogP contribution is -2.08. The van der Waals surface area contributed by atoms with E-state index >= 15 is 0 Å². The highest BCUT2D eigenvalue weighted by atomic mass is 79.9. The van der Waals surface area contributed by atoms with E-state index in [0.717, 1.165) is 27.8 Å². The van der Waals surface area contributed by atoms with Crippen LogP contribution in [-0.4, -0.2) is 15.6 Å². The molecule has 0 unspecified atom stereocenters. The van der Waals surface area contributed by atoms with Crippen molar-refractivity contribution in [3.63, 3.8) is 0 Å². The molecule has 3 nitrogen and oxygen atoms in total. The zero-order valence-electron chi connectivity index (χ0n) is 11.7. The van der Waals surface area contributed by atoms with Crippen LogP contribution in [0.15, 0.2) is 22.7 Å². The molecule has 0 fully saturated rings. The van der Waals surface area contributed by atoms with Gasteiger partial charge in [0, 0.05) is 17.1 Å². The molecule has 1 aromatic heterocycles. The maximum atomic E-state index is 12.4. The summed E-state index contributed by atoms with van der Waals surface area (Å²) in [6.45, 7) is 3.99. The van der Waals surface area contributed by atoms with E-state index < -0.39 is 0 Å². The first kappa shape index (κ1) is 15.3. The van der Waals surface area contributed by atoms with Crippen molar-refractivity contribution in [1.82, 2.24) is 9.78 Å². The van der Waals surface area contributed by atoms with Crippen LogP contribution in [0.1, 0.15) is 34.2 Å². The molecule has 106 valence electrons. The zero-order chi connectivity index (χ0) is 14.9. The third-order valence-electron chi connectivity index (χ3n) is 3.32. The second kappa shape index (κ2) is 6.10. The smallest absolute Gasteiger partial charge is 0.168 e. The van der Waals surface area contributed by atoms with Crippen molar-refractivity contribution in [1.29, 1.82) is 0 Å². The summed E-state index contributed by atoms with van der Waals surface area (Å²) in [6, 6.07) is 5.62. The maximum absolute atomic E-state index is 12.4. The predicted octanol–water partition coefficient (Wildman–Crippen LogP) is 4.13. The molecule has 0 amide bonds. The van der Waals surface area contributed by atoms with Gasteiger partial charge in [0.1, 0.15) is 0 Å². The number of benzene rings is 1. The molecule has 0 aliphatic rings. The van der Waals surface area contributed by atoms with Crippen LogP contribution in [0.5, 0.6) is 0 Å². The van der Waals surface area contributed by atoms with E-state index in [4.69, 9.17) is 11.6 Å². The second-order valence-corrected chi connectivity index (χ2v) is 5.98. The summed E-state index contributed by atoms with van der Waals surface area (Å²) in [5, 5.41) is 4.94. The molecule has 0 aliphatic carbocycles. The molecular weight excluding hydrogens is 340 g/mol. The highest BCUT2D eigenvalue weighted by Gasteiger charge is 2.17. The van der Waals surface area contributed by atoms with Crippen LogP contribution < -0.4 is 0 Å². The summed E-state index contributed by atoms with van der Waals surface area (Å²) in [5.41, 5.74) is 3.39. The number of rotatable bonds is 4. The second-order valence-electron chi connectivity index (χ2n) is 4.75. The number of nitrogens with zero attached hydrogens (tertiary/aromatic N) is 2. The molecule has 1 aromatic carbocycles. The Labute approximate surface area is 132 Å². The maximum Gasteiger partial charge on any atom is 0.168 e. The van der Waals surface area contributed by atoms with Crippen molar-refractivity contribution >= 4 is 33.3 Å². The number of hydrogen-bond acceptors (Lipinski definition) is 2. The van der Waals surface area contributed by atoms with Gasteiger partial charge in [0.05, 0.1) is 22.8 Å². The van der Waals surface area contributed by atoms with Crippen LogP contribution in [0.3, 0.4) is 0 Å². The highest BCUT2D eigenvalue weighted by Crippen LogP contribution is 2.23. The van der Waals surface area contributed by atoms with E-state index in [1.54, 1.807) is 4.68 Å². The molecule has 0 saturated heterocycles. The summed E-state index contributed by atoms with van der Waals surface area (Å²) in [4.78, 5) is 12.4. The normalized spacial score (nSPS) is 10.8. The molecular formula is C15H16BrClN2O. The first-order valence-electron chi connectivity index (χ1n) is 6.43. The Kier molecular flexibility index (Phi) is 4.66. The quantitative estimate of drug-likeness (QED) is 0.773. The first-order valence-corrected chi connectivity index (χ1v) is 7.60.